The van der Waals surface area contributed by atoms with Gasteiger partial charge < -0.3 is 13.7 Å². The van der Waals surface area contributed by atoms with Crippen molar-refractivity contribution in [1.82, 2.24) is 20.1 Å². The second-order valence-corrected chi connectivity index (χ2v) is 7.84. The number of anilines is 1. The molecule has 1 aliphatic rings. The van der Waals surface area contributed by atoms with E-state index in [1.807, 2.05) is 6.92 Å². The summed E-state index contributed by atoms with van der Waals surface area (Å²) in [5, 5.41) is 10.7. The summed E-state index contributed by atoms with van der Waals surface area (Å²) in [5.74, 6) is -0.389. The van der Waals surface area contributed by atoms with Gasteiger partial charge in [0.05, 0.1) is 22.9 Å². The second-order valence-electron chi connectivity index (χ2n) is 6.22. The van der Waals surface area contributed by atoms with Gasteiger partial charge in [-0.1, -0.05) is 17.9 Å². The molecule has 0 saturated carbocycles. The molecule has 2 heterocycles. The Morgan fingerprint density at radius 2 is 2.15 bits per heavy atom. The van der Waals surface area contributed by atoms with Crippen LogP contribution in [0.2, 0.25) is 0 Å². The number of nitrogens with zero attached hydrogens (tertiary/aromatic N) is 3. The SMILES string of the molecule is C=C(C)n1nc(C(=O)NCCOI)c2c1-c1sc(NC(C)=O)nc1CCC2. The summed E-state index contributed by atoms with van der Waals surface area (Å²) in [6.45, 7) is 8.14. The maximum Gasteiger partial charge on any atom is 0.272 e. The van der Waals surface area contributed by atoms with Crippen molar-refractivity contribution >= 4 is 57.0 Å². The summed E-state index contributed by atoms with van der Waals surface area (Å²) in [4.78, 5) is 29.5. The predicted molar refractivity (Wildman–Crippen MR) is 113 cm³/mol. The Morgan fingerprint density at radius 3 is 2.81 bits per heavy atom. The highest BCUT2D eigenvalue weighted by molar-refractivity contribution is 14.1. The summed E-state index contributed by atoms with van der Waals surface area (Å²) >= 11 is 3.19. The molecule has 2 aromatic rings. The van der Waals surface area contributed by atoms with Crippen molar-refractivity contribution in [2.75, 3.05) is 18.5 Å². The van der Waals surface area contributed by atoms with E-state index >= 15 is 0 Å². The lowest BCUT2D eigenvalue weighted by atomic mass is 10.1. The molecule has 0 aromatic carbocycles. The first-order chi connectivity index (χ1) is 12.9. The minimum Gasteiger partial charge on any atom is -0.348 e. The van der Waals surface area contributed by atoms with Crippen molar-refractivity contribution in [1.29, 1.82) is 0 Å². The first kappa shape index (κ1) is 20.0. The molecule has 0 unspecified atom stereocenters. The topological polar surface area (TPSA) is 98.1 Å². The Hall–Kier alpha value is -1.79. The number of carbonyl (C=O) groups is 2. The lowest BCUT2D eigenvalue weighted by Crippen LogP contribution is -2.27. The monoisotopic (exact) mass is 501 g/mol. The van der Waals surface area contributed by atoms with Crippen molar-refractivity contribution < 1.29 is 12.7 Å². The van der Waals surface area contributed by atoms with Gasteiger partial charge in [0.25, 0.3) is 5.91 Å². The lowest BCUT2D eigenvalue weighted by molar-refractivity contribution is -0.114. The van der Waals surface area contributed by atoms with Crippen LogP contribution in [0, 0.1) is 0 Å². The number of hydrogen-bond acceptors (Lipinski definition) is 6. The van der Waals surface area contributed by atoms with Crippen LogP contribution in [-0.4, -0.2) is 39.7 Å². The Labute approximate surface area is 175 Å². The van der Waals surface area contributed by atoms with E-state index in [1.165, 1.54) is 18.3 Å². The first-order valence-corrected chi connectivity index (χ1v) is 10.2. The van der Waals surface area contributed by atoms with Crippen molar-refractivity contribution in [3.05, 3.63) is 23.5 Å². The largest absolute Gasteiger partial charge is 0.348 e. The highest BCUT2D eigenvalue weighted by atomic mass is 127. The van der Waals surface area contributed by atoms with Crippen LogP contribution in [0.5, 0.6) is 0 Å². The molecule has 0 bridgehead atoms. The summed E-state index contributed by atoms with van der Waals surface area (Å²) in [6, 6.07) is 0. The molecule has 0 atom stereocenters. The number of rotatable bonds is 6. The molecule has 1 aliphatic carbocycles. The number of halogens is 1. The van der Waals surface area contributed by atoms with Crippen LogP contribution in [0.3, 0.4) is 0 Å². The molecule has 0 saturated heterocycles. The van der Waals surface area contributed by atoms with E-state index in [0.29, 0.717) is 29.7 Å². The van der Waals surface area contributed by atoms with E-state index in [4.69, 9.17) is 3.07 Å². The van der Waals surface area contributed by atoms with Crippen LogP contribution in [0.4, 0.5) is 5.13 Å². The Bertz CT molecular complexity index is 905. The van der Waals surface area contributed by atoms with Crippen LogP contribution in [0.1, 0.15) is 42.0 Å². The van der Waals surface area contributed by atoms with Gasteiger partial charge in [0.15, 0.2) is 10.8 Å². The number of carbonyl (C=O) groups excluding carboxylic acids is 2. The van der Waals surface area contributed by atoms with E-state index < -0.39 is 0 Å². The maximum atomic E-state index is 12.7. The summed E-state index contributed by atoms with van der Waals surface area (Å²) in [5.41, 5.74) is 3.77. The van der Waals surface area contributed by atoms with Crippen LogP contribution < -0.4 is 10.6 Å². The molecule has 0 radical (unpaired) electrons. The van der Waals surface area contributed by atoms with Gasteiger partial charge in [-0.2, -0.15) is 5.10 Å². The van der Waals surface area contributed by atoms with Crippen molar-refractivity contribution in [2.45, 2.75) is 33.1 Å². The van der Waals surface area contributed by atoms with Gasteiger partial charge in [-0.15, -0.1) is 0 Å². The van der Waals surface area contributed by atoms with E-state index in [-0.39, 0.29) is 11.8 Å². The Balaban J connectivity index is 2.07. The van der Waals surface area contributed by atoms with E-state index in [9.17, 15) is 9.59 Å². The van der Waals surface area contributed by atoms with Crippen molar-refractivity contribution in [3.63, 3.8) is 0 Å². The molecule has 2 aromatic heterocycles. The van der Waals surface area contributed by atoms with Crippen molar-refractivity contribution in [3.8, 4) is 10.6 Å². The molecule has 27 heavy (non-hydrogen) atoms. The smallest absolute Gasteiger partial charge is 0.272 e. The molecule has 0 aliphatic heterocycles. The number of amides is 2. The van der Waals surface area contributed by atoms with Gasteiger partial charge in [0.2, 0.25) is 5.91 Å². The molecule has 2 N–H and O–H groups in total. The van der Waals surface area contributed by atoms with Crippen LogP contribution in [-0.2, 0) is 20.7 Å². The maximum absolute atomic E-state index is 12.7. The zero-order chi connectivity index (χ0) is 19.6. The molecular weight excluding hydrogens is 481 g/mol. The van der Waals surface area contributed by atoms with Gasteiger partial charge in [0.1, 0.15) is 23.0 Å². The summed E-state index contributed by atoms with van der Waals surface area (Å²) in [6.07, 6.45) is 2.36. The number of allylic oxidation sites excluding steroid dienone is 1. The van der Waals surface area contributed by atoms with Crippen molar-refractivity contribution in [2.24, 2.45) is 0 Å². The second kappa shape index (κ2) is 8.48. The third-order valence-corrected chi connectivity index (χ3v) is 5.52. The fourth-order valence-electron chi connectivity index (χ4n) is 3.01. The molecule has 8 nitrogen and oxygen atoms in total. The third-order valence-electron chi connectivity index (χ3n) is 4.06. The van der Waals surface area contributed by atoms with E-state index in [2.05, 4.69) is 27.3 Å². The molecule has 0 fully saturated rings. The normalized spacial score (nSPS) is 12.7. The molecule has 0 spiro atoms. The average Bonchev–Trinajstić information content (AvgIpc) is 3.11. The standard InChI is InChI=1S/C17H20IN5O3S/c1-9(2)23-14-11(13(22-23)16(25)19-7-8-26-18)5-4-6-12-15(14)27-17(21-12)20-10(3)24/h1,4-8H2,2-3H3,(H,19,25)(H,20,21,24). The number of fused-ring (bicyclic) bond motifs is 3. The minimum atomic E-state index is -0.227. The van der Waals surface area contributed by atoms with Gasteiger partial charge in [0, 0.05) is 24.7 Å². The Morgan fingerprint density at radius 1 is 1.37 bits per heavy atom. The average molecular weight is 501 g/mol. The molecular formula is C17H20IN5O3S. The molecule has 10 heteroatoms. The van der Waals surface area contributed by atoms with Gasteiger partial charge in [-0.25, -0.2) is 9.67 Å². The van der Waals surface area contributed by atoms with Gasteiger partial charge >= 0.3 is 0 Å². The summed E-state index contributed by atoms with van der Waals surface area (Å²) < 4.78 is 6.67. The number of nitrogens with one attached hydrogen (secondary N) is 2. The highest BCUT2D eigenvalue weighted by Crippen LogP contribution is 2.40. The van der Waals surface area contributed by atoms with E-state index in [1.54, 1.807) is 27.7 Å². The number of thiazole rings is 1. The summed E-state index contributed by atoms with van der Waals surface area (Å²) in [7, 11) is 0. The minimum absolute atomic E-state index is 0.162. The van der Waals surface area contributed by atoms with Crippen LogP contribution in [0.25, 0.3) is 16.3 Å². The fraction of sp³-hybridized carbons (Fsp3) is 0.412. The Kier molecular flexibility index (Phi) is 6.27. The van der Waals surface area contributed by atoms with Crippen LogP contribution in [0.15, 0.2) is 6.58 Å². The van der Waals surface area contributed by atoms with Gasteiger partial charge in [-0.05, 0) is 26.2 Å². The molecule has 3 rings (SSSR count). The third kappa shape index (κ3) is 4.22. The number of aryl methyl sites for hydroxylation is 1. The zero-order valence-corrected chi connectivity index (χ0v) is 18.1. The van der Waals surface area contributed by atoms with E-state index in [0.717, 1.165) is 41.1 Å². The zero-order valence-electron chi connectivity index (χ0n) is 15.1. The van der Waals surface area contributed by atoms with Gasteiger partial charge in [-0.3, -0.25) is 9.59 Å². The fourth-order valence-corrected chi connectivity index (χ4v) is 4.34. The predicted octanol–water partition coefficient (Wildman–Crippen LogP) is 3.04. The number of hydrogen-bond donors (Lipinski definition) is 2. The quantitative estimate of drug-likeness (QED) is 0.469. The molecule has 2 amide bonds. The molecule has 144 valence electrons. The number of aromatic nitrogens is 3. The first-order valence-electron chi connectivity index (χ1n) is 8.49. The lowest BCUT2D eigenvalue weighted by Gasteiger charge is -2.06. The van der Waals surface area contributed by atoms with Crippen LogP contribution >= 0.6 is 34.3 Å². The highest BCUT2D eigenvalue weighted by Gasteiger charge is 2.29.